The smallest absolute Gasteiger partial charge is 0.106 e. The van der Waals surface area contributed by atoms with Gasteiger partial charge in [0.2, 0.25) is 0 Å². The summed E-state index contributed by atoms with van der Waals surface area (Å²) in [4.78, 5) is 4.81. The van der Waals surface area contributed by atoms with Crippen molar-refractivity contribution >= 4 is 22.6 Å². The van der Waals surface area contributed by atoms with Gasteiger partial charge in [0.1, 0.15) is 7.11 Å². The third-order valence-corrected chi connectivity index (χ3v) is 3.33. The van der Waals surface area contributed by atoms with Gasteiger partial charge in [-0.15, -0.1) is 0 Å². The van der Waals surface area contributed by atoms with Crippen molar-refractivity contribution in [3.8, 4) is 0 Å². The Kier molecular flexibility index (Phi) is 3.15. The van der Waals surface area contributed by atoms with E-state index < -0.39 is 0 Å². The van der Waals surface area contributed by atoms with Gasteiger partial charge in [-0.1, -0.05) is 47.6 Å². The summed E-state index contributed by atoms with van der Waals surface area (Å²) in [6, 6.07) is 12.8. The molecule has 1 aliphatic rings. The predicted molar refractivity (Wildman–Crippen MR) is 80.3 cm³/mol. The highest BCUT2D eigenvalue weighted by Gasteiger charge is 2.09. The first-order valence-corrected chi connectivity index (χ1v) is 6.34. The van der Waals surface area contributed by atoms with E-state index >= 15 is 0 Å². The van der Waals surface area contributed by atoms with Crippen LogP contribution in [0.2, 0.25) is 0 Å². The van der Waals surface area contributed by atoms with Crippen LogP contribution in [0.15, 0.2) is 59.8 Å². The van der Waals surface area contributed by atoms with Gasteiger partial charge < -0.3 is 4.84 Å². The molecule has 0 heterocycles. The number of hydrogen-bond donors (Lipinski definition) is 0. The van der Waals surface area contributed by atoms with E-state index in [0.717, 1.165) is 12.0 Å². The molecule has 0 unspecified atom stereocenters. The van der Waals surface area contributed by atoms with Crippen LogP contribution >= 0.6 is 0 Å². The van der Waals surface area contributed by atoms with E-state index in [1.54, 1.807) is 13.3 Å². The molecule has 2 heteroatoms. The van der Waals surface area contributed by atoms with Crippen molar-refractivity contribution in [1.82, 2.24) is 0 Å². The molecule has 3 rings (SSSR count). The molecule has 2 aromatic rings. The predicted octanol–water partition coefficient (Wildman–Crippen LogP) is 4.16. The lowest BCUT2D eigenvalue weighted by molar-refractivity contribution is 0.215. The summed E-state index contributed by atoms with van der Waals surface area (Å²) in [7, 11) is 1.56. The first kappa shape index (κ1) is 11.7. The van der Waals surface area contributed by atoms with Crippen LogP contribution in [-0.2, 0) is 4.84 Å². The minimum Gasteiger partial charge on any atom is -0.399 e. The highest BCUT2D eigenvalue weighted by atomic mass is 16.6. The van der Waals surface area contributed by atoms with Crippen LogP contribution in [0.5, 0.6) is 0 Å². The second-order valence-electron chi connectivity index (χ2n) is 4.53. The summed E-state index contributed by atoms with van der Waals surface area (Å²) in [6.07, 6.45) is 9.19. The molecule has 2 nitrogen and oxygen atoms in total. The van der Waals surface area contributed by atoms with Crippen molar-refractivity contribution in [2.75, 3.05) is 7.11 Å². The Labute approximate surface area is 112 Å². The van der Waals surface area contributed by atoms with E-state index in [-0.39, 0.29) is 0 Å². The fourth-order valence-corrected chi connectivity index (χ4v) is 2.40. The molecule has 2 aromatic carbocycles. The molecule has 0 atom stereocenters. The molecule has 0 N–H and O–H groups in total. The molecule has 0 spiro atoms. The number of nitrogens with zero attached hydrogens (tertiary/aromatic N) is 1. The van der Waals surface area contributed by atoms with Gasteiger partial charge in [0.05, 0.1) is 6.21 Å². The monoisotopic (exact) mass is 249 g/mol. The highest BCUT2D eigenvalue weighted by molar-refractivity contribution is 5.97. The average Bonchev–Trinajstić information content (AvgIpc) is 2.98. The van der Waals surface area contributed by atoms with Gasteiger partial charge in [-0.2, -0.15) is 0 Å². The van der Waals surface area contributed by atoms with E-state index in [0.29, 0.717) is 0 Å². The fraction of sp³-hybridized carbons (Fsp3) is 0.118. The molecule has 0 aliphatic heterocycles. The lowest BCUT2D eigenvalue weighted by Crippen LogP contribution is -1.93. The number of oxime groups is 1. The maximum atomic E-state index is 4.81. The summed E-state index contributed by atoms with van der Waals surface area (Å²) < 4.78 is 0. The van der Waals surface area contributed by atoms with Crippen molar-refractivity contribution < 1.29 is 4.84 Å². The number of benzene rings is 2. The van der Waals surface area contributed by atoms with Crippen molar-refractivity contribution in [3.05, 3.63) is 65.8 Å². The van der Waals surface area contributed by atoms with Crippen LogP contribution in [-0.4, -0.2) is 13.3 Å². The van der Waals surface area contributed by atoms with Crippen LogP contribution < -0.4 is 0 Å². The molecule has 0 radical (unpaired) electrons. The molecule has 94 valence electrons. The van der Waals surface area contributed by atoms with Gasteiger partial charge in [-0.05, 0) is 40.5 Å². The van der Waals surface area contributed by atoms with Gasteiger partial charge in [0.25, 0.3) is 0 Å². The summed E-state index contributed by atoms with van der Waals surface area (Å²) in [5.41, 5.74) is 3.64. The quantitative estimate of drug-likeness (QED) is 0.591. The molecule has 1 aliphatic carbocycles. The van der Waals surface area contributed by atoms with E-state index in [2.05, 4.69) is 59.8 Å². The molecular formula is C17H15NO. The SMILES string of the molecule is CON=Cc1cc2ccccc2cc1C1=CC=CC1. The molecule has 0 amide bonds. The maximum absolute atomic E-state index is 4.81. The summed E-state index contributed by atoms with van der Waals surface area (Å²) in [5, 5.41) is 6.38. The lowest BCUT2D eigenvalue weighted by atomic mass is 9.95. The Hall–Kier alpha value is -2.35. The standard InChI is InChI=1S/C17H15NO/c1-19-18-12-16-10-14-8-4-5-9-15(14)11-17(16)13-6-2-3-7-13/h2-6,8-12H,7H2,1H3. The average molecular weight is 249 g/mol. The third-order valence-electron chi connectivity index (χ3n) is 3.33. The number of allylic oxidation sites excluding steroid dienone is 4. The normalized spacial score (nSPS) is 14.3. The molecular weight excluding hydrogens is 234 g/mol. The minimum absolute atomic E-state index is 0.978. The maximum Gasteiger partial charge on any atom is 0.106 e. The van der Waals surface area contributed by atoms with E-state index in [1.807, 2.05) is 0 Å². The van der Waals surface area contributed by atoms with Gasteiger partial charge in [0.15, 0.2) is 0 Å². The molecule has 0 fully saturated rings. The number of hydrogen-bond acceptors (Lipinski definition) is 2. The minimum atomic E-state index is 0.978. The Morgan fingerprint density at radius 1 is 1.16 bits per heavy atom. The van der Waals surface area contributed by atoms with E-state index in [9.17, 15) is 0 Å². The van der Waals surface area contributed by atoms with Crippen molar-refractivity contribution in [3.63, 3.8) is 0 Å². The van der Waals surface area contributed by atoms with Crippen molar-refractivity contribution in [1.29, 1.82) is 0 Å². The van der Waals surface area contributed by atoms with Crippen molar-refractivity contribution in [2.24, 2.45) is 5.16 Å². The first-order chi connectivity index (χ1) is 9.38. The molecule has 0 saturated carbocycles. The van der Waals surface area contributed by atoms with Crippen molar-refractivity contribution in [2.45, 2.75) is 6.42 Å². The highest BCUT2D eigenvalue weighted by Crippen LogP contribution is 2.29. The van der Waals surface area contributed by atoms with Gasteiger partial charge in [0, 0.05) is 5.56 Å². The summed E-state index contributed by atoms with van der Waals surface area (Å²) in [6.45, 7) is 0. The third kappa shape index (κ3) is 2.29. The fourth-order valence-electron chi connectivity index (χ4n) is 2.40. The van der Waals surface area contributed by atoms with Crippen LogP contribution in [0.1, 0.15) is 17.5 Å². The van der Waals surface area contributed by atoms with Gasteiger partial charge in [-0.25, -0.2) is 0 Å². The molecule has 0 saturated heterocycles. The van der Waals surface area contributed by atoms with Crippen LogP contribution in [0.25, 0.3) is 16.3 Å². The topological polar surface area (TPSA) is 21.6 Å². The molecule has 0 aromatic heterocycles. The first-order valence-electron chi connectivity index (χ1n) is 6.34. The number of rotatable bonds is 3. The Morgan fingerprint density at radius 3 is 2.63 bits per heavy atom. The Morgan fingerprint density at radius 2 is 1.95 bits per heavy atom. The Balaban J connectivity index is 2.18. The summed E-state index contributed by atoms with van der Waals surface area (Å²) in [5.74, 6) is 0. The van der Waals surface area contributed by atoms with E-state index in [4.69, 9.17) is 4.84 Å². The largest absolute Gasteiger partial charge is 0.399 e. The zero-order chi connectivity index (χ0) is 13.1. The molecule has 19 heavy (non-hydrogen) atoms. The van der Waals surface area contributed by atoms with Crippen LogP contribution in [0.3, 0.4) is 0 Å². The Bertz CT molecular complexity index is 695. The van der Waals surface area contributed by atoms with Crippen LogP contribution in [0, 0.1) is 0 Å². The van der Waals surface area contributed by atoms with Gasteiger partial charge >= 0.3 is 0 Å². The van der Waals surface area contributed by atoms with E-state index in [1.165, 1.54) is 21.9 Å². The van der Waals surface area contributed by atoms with Crippen LogP contribution in [0.4, 0.5) is 0 Å². The summed E-state index contributed by atoms with van der Waals surface area (Å²) >= 11 is 0. The zero-order valence-corrected chi connectivity index (χ0v) is 10.8. The second kappa shape index (κ2) is 5.11. The lowest BCUT2D eigenvalue weighted by Gasteiger charge is -2.09. The van der Waals surface area contributed by atoms with Gasteiger partial charge in [-0.3, -0.25) is 0 Å². The number of fused-ring (bicyclic) bond motifs is 1. The zero-order valence-electron chi connectivity index (χ0n) is 10.8. The second-order valence-corrected chi connectivity index (χ2v) is 4.53. The molecule has 0 bridgehead atoms.